The van der Waals surface area contributed by atoms with Crippen molar-refractivity contribution in [3.05, 3.63) is 59.4 Å². The molecule has 0 bridgehead atoms. The van der Waals surface area contributed by atoms with E-state index < -0.39 is 0 Å². The van der Waals surface area contributed by atoms with Crippen molar-refractivity contribution in [2.45, 2.75) is 20.4 Å². The Balaban J connectivity index is 1.79. The normalized spacial score (nSPS) is 18.2. The van der Waals surface area contributed by atoms with Crippen molar-refractivity contribution in [2.24, 2.45) is 0 Å². The van der Waals surface area contributed by atoms with Gasteiger partial charge < -0.3 is 5.32 Å². The summed E-state index contributed by atoms with van der Waals surface area (Å²) in [5, 5.41) is 4.16. The third-order valence-corrected chi connectivity index (χ3v) is 4.52. The van der Waals surface area contributed by atoms with Crippen LogP contribution in [0.1, 0.15) is 16.7 Å². The van der Waals surface area contributed by atoms with E-state index in [1.807, 2.05) is 18.5 Å². The van der Waals surface area contributed by atoms with Crippen molar-refractivity contribution in [1.29, 1.82) is 0 Å². The van der Waals surface area contributed by atoms with Gasteiger partial charge in [0.05, 0.1) is 5.69 Å². The first kappa shape index (κ1) is 14.9. The highest BCUT2D eigenvalue weighted by molar-refractivity contribution is 7.80. The lowest BCUT2D eigenvalue weighted by molar-refractivity contribution is -0.916. The van der Waals surface area contributed by atoms with Crippen LogP contribution in [0, 0.1) is 13.8 Å². The van der Waals surface area contributed by atoms with Gasteiger partial charge in [-0.2, -0.15) is 0 Å². The summed E-state index contributed by atoms with van der Waals surface area (Å²) in [5.41, 5.74) is 5.02. The molecule has 5 heteroatoms. The molecule has 2 heterocycles. The molecule has 1 aromatic carbocycles. The third-order valence-electron chi connectivity index (χ3n) is 4.16. The van der Waals surface area contributed by atoms with E-state index in [9.17, 15) is 0 Å². The van der Waals surface area contributed by atoms with E-state index in [-0.39, 0.29) is 0 Å². The molecule has 1 aromatic heterocycles. The van der Waals surface area contributed by atoms with Crippen LogP contribution in [0.3, 0.4) is 0 Å². The van der Waals surface area contributed by atoms with Crippen LogP contribution in [0.4, 0.5) is 5.69 Å². The summed E-state index contributed by atoms with van der Waals surface area (Å²) in [6, 6.07) is 10.5. The topological polar surface area (TPSA) is 32.6 Å². The number of hydrogen-bond acceptors (Lipinski definition) is 2. The molecule has 0 radical (unpaired) electrons. The standard InChI is InChI=1S/C17H20N4S/c1-13-5-3-7-16(14(13)2)21-12-20(11-19-17(21)22)10-15-6-4-8-18-9-15/h3-9H,10-12H2,1-2H3,(H,19,22)/p+1. The SMILES string of the molecule is Cc1cccc(N2C[NH+](Cc3cccnc3)CNC2=S)c1C. The average Bonchev–Trinajstić information content (AvgIpc) is 2.53. The minimum absolute atomic E-state index is 0.809. The van der Waals surface area contributed by atoms with E-state index in [2.05, 4.69) is 53.3 Å². The zero-order valence-corrected chi connectivity index (χ0v) is 13.8. The van der Waals surface area contributed by atoms with Crippen LogP contribution in [0.5, 0.6) is 0 Å². The molecule has 114 valence electrons. The molecule has 2 N–H and O–H groups in total. The van der Waals surface area contributed by atoms with Crippen LogP contribution in [0.2, 0.25) is 0 Å². The highest BCUT2D eigenvalue weighted by atomic mass is 32.1. The molecule has 0 saturated carbocycles. The maximum Gasteiger partial charge on any atom is 0.182 e. The lowest BCUT2D eigenvalue weighted by Gasteiger charge is -2.36. The summed E-state index contributed by atoms with van der Waals surface area (Å²) in [7, 11) is 0. The van der Waals surface area contributed by atoms with Crippen molar-refractivity contribution >= 4 is 23.0 Å². The van der Waals surface area contributed by atoms with Gasteiger partial charge in [0.25, 0.3) is 0 Å². The highest BCUT2D eigenvalue weighted by Gasteiger charge is 2.26. The number of pyridine rings is 1. The smallest absolute Gasteiger partial charge is 0.182 e. The summed E-state index contributed by atoms with van der Waals surface area (Å²) in [5.74, 6) is 0. The number of rotatable bonds is 3. The molecule has 1 atom stereocenters. The first-order chi connectivity index (χ1) is 10.6. The lowest BCUT2D eigenvalue weighted by Crippen LogP contribution is -3.16. The molecular weight excluding hydrogens is 292 g/mol. The van der Waals surface area contributed by atoms with Crippen LogP contribution >= 0.6 is 12.2 Å². The van der Waals surface area contributed by atoms with Crippen molar-refractivity contribution < 1.29 is 4.90 Å². The predicted octanol–water partition coefficient (Wildman–Crippen LogP) is 1.39. The van der Waals surface area contributed by atoms with Gasteiger partial charge in [0.2, 0.25) is 0 Å². The molecule has 3 rings (SSSR count). The number of hydrogen-bond donors (Lipinski definition) is 2. The second-order valence-electron chi connectivity index (χ2n) is 5.75. The van der Waals surface area contributed by atoms with Crippen LogP contribution in [0.25, 0.3) is 0 Å². The molecule has 1 fully saturated rings. The van der Waals surface area contributed by atoms with Crippen molar-refractivity contribution in [3.8, 4) is 0 Å². The second kappa shape index (κ2) is 6.42. The zero-order valence-electron chi connectivity index (χ0n) is 13.0. The predicted molar refractivity (Wildman–Crippen MR) is 92.8 cm³/mol. The van der Waals surface area contributed by atoms with Gasteiger partial charge in [-0.25, -0.2) is 0 Å². The minimum Gasteiger partial charge on any atom is -0.315 e. The van der Waals surface area contributed by atoms with E-state index in [1.54, 1.807) is 0 Å². The number of quaternary nitrogens is 1. The maximum absolute atomic E-state index is 5.52. The van der Waals surface area contributed by atoms with E-state index in [0.29, 0.717) is 0 Å². The van der Waals surface area contributed by atoms with E-state index in [4.69, 9.17) is 12.2 Å². The highest BCUT2D eigenvalue weighted by Crippen LogP contribution is 2.22. The van der Waals surface area contributed by atoms with Crippen LogP contribution in [0.15, 0.2) is 42.7 Å². The maximum atomic E-state index is 5.52. The summed E-state index contributed by atoms with van der Waals surface area (Å²) < 4.78 is 0. The van der Waals surface area contributed by atoms with Crippen LogP contribution in [-0.4, -0.2) is 23.4 Å². The Morgan fingerprint density at radius 2 is 2.14 bits per heavy atom. The fraction of sp³-hybridized carbons (Fsp3) is 0.294. The van der Waals surface area contributed by atoms with Gasteiger partial charge in [-0.3, -0.25) is 14.8 Å². The molecule has 0 amide bonds. The first-order valence-corrected chi connectivity index (χ1v) is 7.90. The Labute approximate surface area is 136 Å². The molecular formula is C17H21N4S+. The fourth-order valence-electron chi connectivity index (χ4n) is 2.78. The molecule has 1 saturated heterocycles. The number of thiocarbonyl (C=S) groups is 1. The second-order valence-corrected chi connectivity index (χ2v) is 6.14. The average molecular weight is 313 g/mol. The third kappa shape index (κ3) is 3.10. The number of benzene rings is 1. The summed E-state index contributed by atoms with van der Waals surface area (Å²) in [6.45, 7) is 6.94. The van der Waals surface area contributed by atoms with Crippen LogP contribution < -0.4 is 15.1 Å². The molecule has 1 aliphatic heterocycles. The summed E-state index contributed by atoms with van der Waals surface area (Å²) in [6.07, 6.45) is 3.74. The first-order valence-electron chi connectivity index (χ1n) is 7.49. The molecule has 0 aliphatic carbocycles. The summed E-state index contributed by atoms with van der Waals surface area (Å²) >= 11 is 5.52. The largest absolute Gasteiger partial charge is 0.315 e. The number of nitrogens with zero attached hydrogens (tertiary/aromatic N) is 2. The molecule has 22 heavy (non-hydrogen) atoms. The van der Waals surface area contributed by atoms with E-state index >= 15 is 0 Å². The van der Waals surface area contributed by atoms with Gasteiger partial charge in [-0.05, 0) is 49.3 Å². The quantitative estimate of drug-likeness (QED) is 0.839. The van der Waals surface area contributed by atoms with Crippen LogP contribution in [-0.2, 0) is 6.54 Å². The summed E-state index contributed by atoms with van der Waals surface area (Å²) in [4.78, 5) is 7.82. The monoisotopic (exact) mass is 313 g/mol. The van der Waals surface area contributed by atoms with Gasteiger partial charge >= 0.3 is 0 Å². The Bertz CT molecular complexity index is 672. The van der Waals surface area contributed by atoms with Crippen molar-refractivity contribution in [1.82, 2.24) is 10.3 Å². The van der Waals surface area contributed by atoms with E-state index in [0.717, 1.165) is 25.0 Å². The molecule has 1 unspecified atom stereocenters. The molecule has 4 nitrogen and oxygen atoms in total. The van der Waals surface area contributed by atoms with Gasteiger partial charge in [0.1, 0.15) is 6.54 Å². The number of nitrogens with one attached hydrogen (secondary N) is 2. The Morgan fingerprint density at radius 1 is 1.27 bits per heavy atom. The minimum atomic E-state index is 0.809. The molecule has 1 aliphatic rings. The number of anilines is 1. The van der Waals surface area contributed by atoms with Gasteiger partial charge in [0.15, 0.2) is 18.4 Å². The van der Waals surface area contributed by atoms with Gasteiger partial charge in [-0.1, -0.05) is 18.2 Å². The Kier molecular flexibility index (Phi) is 4.36. The van der Waals surface area contributed by atoms with Gasteiger partial charge in [0, 0.05) is 18.0 Å². The van der Waals surface area contributed by atoms with E-state index in [1.165, 1.54) is 27.3 Å². The molecule has 2 aromatic rings. The lowest BCUT2D eigenvalue weighted by atomic mass is 10.1. The number of aryl methyl sites for hydroxylation is 1. The van der Waals surface area contributed by atoms with Crippen molar-refractivity contribution in [3.63, 3.8) is 0 Å². The Hall–Kier alpha value is -1.98. The fourth-order valence-corrected chi connectivity index (χ4v) is 3.01. The van der Waals surface area contributed by atoms with Crippen molar-refractivity contribution in [2.75, 3.05) is 18.2 Å². The number of aromatic nitrogens is 1. The zero-order chi connectivity index (χ0) is 15.5. The van der Waals surface area contributed by atoms with Gasteiger partial charge in [-0.15, -0.1) is 0 Å². The molecule has 0 spiro atoms. The Morgan fingerprint density at radius 3 is 2.91 bits per heavy atom.